The number of carbonyl (C=O) groups is 2. The van der Waals surface area contributed by atoms with Crippen LogP contribution in [0.5, 0.6) is 5.75 Å². The van der Waals surface area contributed by atoms with Gasteiger partial charge in [-0.15, -0.1) is 0 Å². The van der Waals surface area contributed by atoms with Gasteiger partial charge >= 0.3 is 0 Å². The number of ether oxygens (including phenoxy) is 2. The van der Waals surface area contributed by atoms with Crippen LogP contribution >= 0.6 is 15.9 Å². The van der Waals surface area contributed by atoms with Crippen LogP contribution in [-0.4, -0.2) is 25.0 Å². The molecule has 2 aromatic rings. The summed E-state index contributed by atoms with van der Waals surface area (Å²) in [5, 5.41) is 2.77. The summed E-state index contributed by atoms with van der Waals surface area (Å²) < 4.78 is 25.2. The first kappa shape index (κ1) is 19.5. The van der Waals surface area contributed by atoms with Gasteiger partial charge in [0.1, 0.15) is 11.6 Å². The molecule has 1 aliphatic heterocycles. The monoisotopic (exact) mass is 435 g/mol. The van der Waals surface area contributed by atoms with Crippen molar-refractivity contribution in [1.29, 1.82) is 0 Å². The molecule has 2 aromatic carbocycles. The third kappa shape index (κ3) is 5.37. The lowest BCUT2D eigenvalue weighted by atomic mass is 10.0. The molecule has 7 heteroatoms. The van der Waals surface area contributed by atoms with E-state index in [9.17, 15) is 14.0 Å². The molecule has 142 valence electrons. The summed E-state index contributed by atoms with van der Waals surface area (Å²) in [6.07, 6.45) is 0.691. The number of ketones is 1. The molecule has 1 aliphatic rings. The molecule has 1 amide bonds. The van der Waals surface area contributed by atoms with Crippen LogP contribution in [-0.2, 0) is 22.6 Å². The van der Waals surface area contributed by atoms with E-state index >= 15 is 0 Å². The van der Waals surface area contributed by atoms with Gasteiger partial charge in [-0.2, -0.15) is 0 Å². The number of benzene rings is 2. The maximum atomic E-state index is 13.7. The molecule has 3 rings (SSSR count). The highest BCUT2D eigenvalue weighted by Gasteiger charge is 2.17. The molecular formula is C20H19BrFNO4. The lowest BCUT2D eigenvalue weighted by molar-refractivity contribution is -0.121. The van der Waals surface area contributed by atoms with Crippen LogP contribution in [0.3, 0.4) is 0 Å². The standard InChI is InChI=1S/C20H19BrFNO4/c21-16-3-1-13(2-4-16)18(24)5-6-19(25)23-8-7-14-9-17(22)10-15-11-26-12-27-20(14)15/h1-4,9-10H,5-8,11-12H2,(H,23,25). The summed E-state index contributed by atoms with van der Waals surface area (Å²) in [6.45, 7) is 0.784. The van der Waals surface area contributed by atoms with Gasteiger partial charge in [0, 0.05) is 35.0 Å². The molecule has 0 radical (unpaired) electrons. The van der Waals surface area contributed by atoms with Crippen molar-refractivity contribution in [3.05, 3.63) is 63.4 Å². The molecule has 1 heterocycles. The third-order valence-electron chi connectivity index (χ3n) is 4.21. The summed E-state index contributed by atoms with van der Waals surface area (Å²) in [6, 6.07) is 9.83. The van der Waals surface area contributed by atoms with Gasteiger partial charge in [-0.05, 0) is 36.2 Å². The lowest BCUT2D eigenvalue weighted by Gasteiger charge is -2.21. The summed E-state index contributed by atoms with van der Waals surface area (Å²) in [5.74, 6) is -0.0215. The van der Waals surface area contributed by atoms with Crippen LogP contribution in [0.2, 0.25) is 0 Å². The lowest BCUT2D eigenvalue weighted by Crippen LogP contribution is -2.26. The second-order valence-corrected chi connectivity index (χ2v) is 7.11. The second-order valence-electron chi connectivity index (χ2n) is 6.19. The smallest absolute Gasteiger partial charge is 0.220 e. The van der Waals surface area contributed by atoms with Crippen molar-refractivity contribution in [2.24, 2.45) is 0 Å². The fourth-order valence-corrected chi connectivity index (χ4v) is 3.14. The Labute approximate surface area is 165 Å². The van der Waals surface area contributed by atoms with E-state index in [1.807, 2.05) is 0 Å². The van der Waals surface area contributed by atoms with Crippen LogP contribution in [0.4, 0.5) is 4.39 Å². The van der Waals surface area contributed by atoms with Crippen molar-refractivity contribution in [2.75, 3.05) is 13.3 Å². The highest BCUT2D eigenvalue weighted by molar-refractivity contribution is 9.10. The molecule has 0 saturated carbocycles. The first-order valence-corrected chi connectivity index (χ1v) is 9.39. The normalized spacial score (nSPS) is 12.8. The van der Waals surface area contributed by atoms with E-state index < -0.39 is 0 Å². The number of fused-ring (bicyclic) bond motifs is 1. The number of carbonyl (C=O) groups excluding carboxylic acids is 2. The minimum absolute atomic E-state index is 0.0785. The number of Topliss-reactive ketones (excluding diaryl/α,β-unsaturated/α-hetero) is 1. The van der Waals surface area contributed by atoms with E-state index in [0.717, 1.165) is 4.47 Å². The first-order chi connectivity index (χ1) is 13.0. The highest BCUT2D eigenvalue weighted by atomic mass is 79.9. The van der Waals surface area contributed by atoms with Crippen molar-refractivity contribution >= 4 is 27.6 Å². The van der Waals surface area contributed by atoms with E-state index in [-0.39, 0.29) is 37.1 Å². The van der Waals surface area contributed by atoms with Crippen molar-refractivity contribution in [2.45, 2.75) is 25.9 Å². The molecule has 0 spiro atoms. The largest absolute Gasteiger partial charge is 0.467 e. The molecular weight excluding hydrogens is 417 g/mol. The summed E-state index contributed by atoms with van der Waals surface area (Å²) >= 11 is 3.32. The number of nitrogens with one attached hydrogen (secondary N) is 1. The fraction of sp³-hybridized carbons (Fsp3) is 0.300. The Balaban J connectivity index is 1.47. The minimum Gasteiger partial charge on any atom is -0.467 e. The van der Waals surface area contributed by atoms with E-state index in [4.69, 9.17) is 9.47 Å². The summed E-state index contributed by atoms with van der Waals surface area (Å²) in [7, 11) is 0. The molecule has 1 N–H and O–H groups in total. The van der Waals surface area contributed by atoms with E-state index in [2.05, 4.69) is 21.2 Å². The molecule has 0 fully saturated rings. The Kier molecular flexibility index (Phi) is 6.58. The number of amides is 1. The zero-order chi connectivity index (χ0) is 19.2. The van der Waals surface area contributed by atoms with Crippen molar-refractivity contribution < 1.29 is 23.5 Å². The van der Waals surface area contributed by atoms with Gasteiger partial charge in [0.25, 0.3) is 0 Å². The van der Waals surface area contributed by atoms with Crippen LogP contribution in [0.15, 0.2) is 40.9 Å². The molecule has 0 bridgehead atoms. The van der Waals surface area contributed by atoms with E-state index in [1.54, 1.807) is 24.3 Å². The van der Waals surface area contributed by atoms with Gasteiger partial charge in [0.2, 0.25) is 5.91 Å². The molecule has 5 nitrogen and oxygen atoms in total. The quantitative estimate of drug-likeness (QED) is 0.672. The number of hydrogen-bond donors (Lipinski definition) is 1. The highest BCUT2D eigenvalue weighted by Crippen LogP contribution is 2.29. The molecule has 27 heavy (non-hydrogen) atoms. The van der Waals surface area contributed by atoms with Crippen LogP contribution in [0.1, 0.15) is 34.3 Å². The van der Waals surface area contributed by atoms with Gasteiger partial charge in [-0.1, -0.05) is 28.1 Å². The molecule has 0 aromatic heterocycles. The number of rotatable bonds is 7. The Bertz CT molecular complexity index is 839. The summed E-state index contributed by atoms with van der Waals surface area (Å²) in [4.78, 5) is 24.1. The van der Waals surface area contributed by atoms with Crippen molar-refractivity contribution in [1.82, 2.24) is 5.32 Å². The number of hydrogen-bond acceptors (Lipinski definition) is 4. The van der Waals surface area contributed by atoms with Crippen LogP contribution in [0, 0.1) is 5.82 Å². The molecule has 0 unspecified atom stereocenters. The van der Waals surface area contributed by atoms with E-state index in [0.29, 0.717) is 42.0 Å². The van der Waals surface area contributed by atoms with Gasteiger partial charge < -0.3 is 14.8 Å². The number of halogens is 2. The molecule has 0 aliphatic carbocycles. The average molecular weight is 436 g/mol. The van der Waals surface area contributed by atoms with Crippen molar-refractivity contribution in [3.8, 4) is 5.75 Å². The van der Waals surface area contributed by atoms with Crippen molar-refractivity contribution in [3.63, 3.8) is 0 Å². The van der Waals surface area contributed by atoms with E-state index in [1.165, 1.54) is 12.1 Å². The minimum atomic E-state index is -0.357. The third-order valence-corrected chi connectivity index (χ3v) is 4.74. The fourth-order valence-electron chi connectivity index (χ4n) is 2.87. The van der Waals surface area contributed by atoms with Crippen LogP contribution < -0.4 is 10.1 Å². The first-order valence-electron chi connectivity index (χ1n) is 8.60. The Hall–Kier alpha value is -2.25. The SMILES string of the molecule is O=C(CCC(=O)c1ccc(Br)cc1)NCCc1cc(F)cc2c1OCOC2. The van der Waals surface area contributed by atoms with Crippen LogP contribution in [0.25, 0.3) is 0 Å². The second kappa shape index (κ2) is 9.10. The predicted molar refractivity (Wildman–Crippen MR) is 101 cm³/mol. The topological polar surface area (TPSA) is 64.6 Å². The van der Waals surface area contributed by atoms with Gasteiger partial charge in [0.05, 0.1) is 6.61 Å². The average Bonchev–Trinajstić information content (AvgIpc) is 2.66. The Morgan fingerprint density at radius 3 is 2.70 bits per heavy atom. The molecule has 0 saturated heterocycles. The predicted octanol–water partition coefficient (Wildman–Crippen LogP) is 3.78. The van der Waals surface area contributed by atoms with Gasteiger partial charge in [-0.25, -0.2) is 4.39 Å². The maximum Gasteiger partial charge on any atom is 0.220 e. The Morgan fingerprint density at radius 1 is 1.15 bits per heavy atom. The summed E-state index contributed by atoms with van der Waals surface area (Å²) in [5.41, 5.74) is 1.94. The molecule has 0 atom stereocenters. The zero-order valence-electron chi connectivity index (χ0n) is 14.6. The zero-order valence-corrected chi connectivity index (χ0v) is 16.2. The maximum absolute atomic E-state index is 13.7. The Morgan fingerprint density at radius 2 is 1.93 bits per heavy atom. The van der Waals surface area contributed by atoms with Gasteiger partial charge in [0.15, 0.2) is 12.6 Å². The van der Waals surface area contributed by atoms with Gasteiger partial charge in [-0.3, -0.25) is 9.59 Å².